The van der Waals surface area contributed by atoms with Gasteiger partial charge >= 0.3 is 0 Å². The summed E-state index contributed by atoms with van der Waals surface area (Å²) in [5.41, 5.74) is 4.87. The average Bonchev–Trinajstić information content (AvgIpc) is 2.17. The zero-order valence-corrected chi connectivity index (χ0v) is 10.3. The zero-order valence-electron chi connectivity index (χ0n) is 10.3. The Morgan fingerprint density at radius 3 is 2.87 bits per heavy atom. The number of rotatable bonds is 0. The molecule has 0 heteroatoms. The fourth-order valence-corrected chi connectivity index (χ4v) is 3.04. The second kappa shape index (κ2) is 3.66. The van der Waals surface area contributed by atoms with Crippen LogP contribution in [0.4, 0.5) is 0 Å². The van der Waals surface area contributed by atoms with E-state index in [9.17, 15) is 0 Å². The summed E-state index contributed by atoms with van der Waals surface area (Å²) in [7, 11) is 0. The van der Waals surface area contributed by atoms with E-state index in [1.54, 1.807) is 0 Å². The van der Waals surface area contributed by atoms with E-state index in [-0.39, 0.29) is 0 Å². The molecule has 1 saturated carbocycles. The third-order valence-electron chi connectivity index (χ3n) is 4.23. The Hall–Kier alpha value is -0.780. The first-order valence-electron chi connectivity index (χ1n) is 6.06. The number of hydrogen-bond donors (Lipinski definition) is 0. The van der Waals surface area contributed by atoms with Crippen molar-refractivity contribution in [3.05, 3.63) is 35.5 Å². The van der Waals surface area contributed by atoms with Crippen LogP contribution >= 0.6 is 0 Å². The van der Waals surface area contributed by atoms with Crippen molar-refractivity contribution >= 4 is 0 Å². The van der Waals surface area contributed by atoms with Gasteiger partial charge in [0, 0.05) is 0 Å². The predicted octanol–water partition coefficient (Wildman–Crippen LogP) is 4.65. The van der Waals surface area contributed by atoms with Crippen LogP contribution in [-0.2, 0) is 0 Å². The highest BCUT2D eigenvalue weighted by molar-refractivity contribution is 5.34. The fraction of sp³-hybridized carbons (Fsp3) is 0.600. The van der Waals surface area contributed by atoms with Crippen molar-refractivity contribution in [1.82, 2.24) is 0 Å². The van der Waals surface area contributed by atoms with Crippen LogP contribution in [0.3, 0.4) is 0 Å². The van der Waals surface area contributed by atoms with Crippen molar-refractivity contribution in [3.63, 3.8) is 0 Å². The Balaban J connectivity index is 2.36. The maximum absolute atomic E-state index is 4.28. The molecule has 2 rings (SSSR count). The van der Waals surface area contributed by atoms with Crippen LogP contribution in [0.15, 0.2) is 35.5 Å². The second-order valence-electron chi connectivity index (χ2n) is 5.63. The molecule has 0 N–H and O–H groups in total. The lowest BCUT2D eigenvalue weighted by Crippen LogP contribution is -2.33. The van der Waals surface area contributed by atoms with Crippen LogP contribution in [0.5, 0.6) is 0 Å². The Morgan fingerprint density at radius 1 is 1.47 bits per heavy atom. The molecule has 0 bridgehead atoms. The topological polar surface area (TPSA) is 0 Å². The first-order chi connectivity index (χ1) is 7.03. The van der Waals surface area contributed by atoms with Gasteiger partial charge in [-0.05, 0) is 56.4 Å². The van der Waals surface area contributed by atoms with Gasteiger partial charge in [0.15, 0.2) is 0 Å². The van der Waals surface area contributed by atoms with Gasteiger partial charge in [0.05, 0.1) is 0 Å². The molecule has 0 amide bonds. The van der Waals surface area contributed by atoms with Gasteiger partial charge in [-0.1, -0.05) is 36.8 Å². The van der Waals surface area contributed by atoms with Gasteiger partial charge in [-0.15, -0.1) is 0 Å². The van der Waals surface area contributed by atoms with Gasteiger partial charge in [-0.25, -0.2) is 0 Å². The summed E-state index contributed by atoms with van der Waals surface area (Å²) in [5, 5.41) is 0. The Bertz CT molecular complexity index is 339. The number of hydrogen-bond acceptors (Lipinski definition) is 0. The monoisotopic (exact) mass is 202 g/mol. The molecule has 0 nitrogen and oxygen atoms in total. The summed E-state index contributed by atoms with van der Waals surface area (Å²) in [4.78, 5) is 0. The third kappa shape index (κ3) is 1.82. The smallest absolute Gasteiger partial charge is 0.00747 e. The maximum atomic E-state index is 4.28. The lowest BCUT2D eigenvalue weighted by atomic mass is 9.61. The first-order valence-corrected chi connectivity index (χ1v) is 6.06. The van der Waals surface area contributed by atoms with E-state index in [2.05, 4.69) is 39.5 Å². The quantitative estimate of drug-likeness (QED) is 0.502. The summed E-state index contributed by atoms with van der Waals surface area (Å²) in [6.07, 6.45) is 9.90. The van der Waals surface area contributed by atoms with Gasteiger partial charge in [0.2, 0.25) is 0 Å². The molecule has 0 saturated heterocycles. The molecule has 2 aliphatic carbocycles. The van der Waals surface area contributed by atoms with E-state index in [1.807, 2.05) is 0 Å². The molecular formula is C15H22. The standard InChI is InChI=1S/C15H22/c1-11(2)13-7-9-15(4)8-5-6-12(3)14(15)10-13/h7,9,14H,3,5-6,8,10H2,1-2,4H3. The molecule has 2 aliphatic rings. The Morgan fingerprint density at radius 2 is 2.20 bits per heavy atom. The number of allylic oxidation sites excluding steroid dienone is 5. The lowest BCUT2D eigenvalue weighted by Gasteiger charge is -2.44. The molecule has 0 spiro atoms. The van der Waals surface area contributed by atoms with Crippen LogP contribution in [0.1, 0.15) is 46.5 Å². The second-order valence-corrected chi connectivity index (χ2v) is 5.63. The highest BCUT2D eigenvalue weighted by atomic mass is 14.4. The minimum absolute atomic E-state index is 0.397. The lowest BCUT2D eigenvalue weighted by molar-refractivity contribution is 0.222. The SMILES string of the molecule is C=C1CCCC2(C)C=CC(=C(C)C)CC12. The van der Waals surface area contributed by atoms with Crippen LogP contribution in [-0.4, -0.2) is 0 Å². The van der Waals surface area contributed by atoms with Crippen LogP contribution < -0.4 is 0 Å². The zero-order chi connectivity index (χ0) is 11.1. The van der Waals surface area contributed by atoms with E-state index in [0.29, 0.717) is 11.3 Å². The normalized spacial score (nSPS) is 35.3. The summed E-state index contributed by atoms with van der Waals surface area (Å²) >= 11 is 0. The van der Waals surface area contributed by atoms with Crippen molar-refractivity contribution in [2.75, 3.05) is 0 Å². The molecule has 82 valence electrons. The van der Waals surface area contributed by atoms with E-state index in [0.717, 1.165) is 0 Å². The van der Waals surface area contributed by atoms with Gasteiger partial charge in [0.1, 0.15) is 0 Å². The molecule has 0 aromatic rings. The predicted molar refractivity (Wildman–Crippen MR) is 66.7 cm³/mol. The summed E-state index contributed by atoms with van der Waals surface area (Å²) in [5.74, 6) is 0.696. The van der Waals surface area contributed by atoms with Crippen LogP contribution in [0, 0.1) is 11.3 Å². The molecule has 0 aromatic heterocycles. The molecule has 15 heavy (non-hydrogen) atoms. The van der Waals surface area contributed by atoms with Gasteiger partial charge in [-0.3, -0.25) is 0 Å². The summed E-state index contributed by atoms with van der Waals surface area (Å²) in [6.45, 7) is 11.1. The molecular weight excluding hydrogens is 180 g/mol. The molecule has 2 unspecified atom stereocenters. The Kier molecular flexibility index (Phi) is 2.62. The molecule has 0 aliphatic heterocycles. The number of fused-ring (bicyclic) bond motifs is 1. The third-order valence-corrected chi connectivity index (χ3v) is 4.23. The van der Waals surface area contributed by atoms with E-state index >= 15 is 0 Å². The van der Waals surface area contributed by atoms with Crippen molar-refractivity contribution in [2.45, 2.75) is 46.5 Å². The van der Waals surface area contributed by atoms with Crippen LogP contribution in [0.25, 0.3) is 0 Å². The Labute approximate surface area is 93.8 Å². The molecule has 0 radical (unpaired) electrons. The fourth-order valence-electron chi connectivity index (χ4n) is 3.04. The molecule has 0 aromatic carbocycles. The first kappa shape index (κ1) is 10.7. The molecule has 0 heterocycles. The minimum atomic E-state index is 0.397. The van der Waals surface area contributed by atoms with E-state index in [1.165, 1.54) is 42.4 Å². The molecule has 2 atom stereocenters. The van der Waals surface area contributed by atoms with Crippen molar-refractivity contribution in [3.8, 4) is 0 Å². The highest BCUT2D eigenvalue weighted by Gasteiger charge is 2.38. The van der Waals surface area contributed by atoms with E-state index < -0.39 is 0 Å². The van der Waals surface area contributed by atoms with Gasteiger partial charge in [-0.2, -0.15) is 0 Å². The molecule has 1 fully saturated rings. The summed E-state index contributed by atoms with van der Waals surface area (Å²) < 4.78 is 0. The van der Waals surface area contributed by atoms with Crippen molar-refractivity contribution in [2.24, 2.45) is 11.3 Å². The van der Waals surface area contributed by atoms with Crippen molar-refractivity contribution < 1.29 is 0 Å². The van der Waals surface area contributed by atoms with Gasteiger partial charge < -0.3 is 0 Å². The van der Waals surface area contributed by atoms with E-state index in [4.69, 9.17) is 0 Å². The maximum Gasteiger partial charge on any atom is -0.00747 e. The highest BCUT2D eigenvalue weighted by Crippen LogP contribution is 2.50. The van der Waals surface area contributed by atoms with Crippen molar-refractivity contribution in [1.29, 1.82) is 0 Å². The largest absolute Gasteiger partial charge is 0.0995 e. The average molecular weight is 202 g/mol. The van der Waals surface area contributed by atoms with Crippen LogP contribution in [0.2, 0.25) is 0 Å². The summed E-state index contributed by atoms with van der Waals surface area (Å²) in [6, 6.07) is 0. The van der Waals surface area contributed by atoms with Gasteiger partial charge in [0.25, 0.3) is 0 Å². The minimum Gasteiger partial charge on any atom is -0.0995 e.